The smallest absolute Gasteiger partial charge is 0.153 e. The number of H-pyrrole nitrogens is 1. The lowest BCUT2D eigenvalue weighted by Crippen LogP contribution is -2.03. The molecular formula is C10H12FN3. The van der Waals surface area contributed by atoms with E-state index < -0.39 is 0 Å². The lowest BCUT2D eigenvalue weighted by atomic mass is 10.2. The number of nitrogens with zero attached hydrogens (tertiary/aromatic N) is 1. The highest BCUT2D eigenvalue weighted by Gasteiger charge is 2.08. The SMILES string of the molecule is Cc1ccc2[nH]c(CCN)nc2c1F. The van der Waals surface area contributed by atoms with Crippen molar-refractivity contribution in [3.8, 4) is 0 Å². The fourth-order valence-electron chi connectivity index (χ4n) is 1.45. The van der Waals surface area contributed by atoms with Gasteiger partial charge in [-0.05, 0) is 25.1 Å². The molecule has 1 aromatic heterocycles. The fourth-order valence-corrected chi connectivity index (χ4v) is 1.45. The summed E-state index contributed by atoms with van der Waals surface area (Å²) >= 11 is 0. The summed E-state index contributed by atoms with van der Waals surface area (Å²) < 4.78 is 13.5. The maximum atomic E-state index is 13.5. The van der Waals surface area contributed by atoms with Crippen LogP contribution in [0.1, 0.15) is 11.4 Å². The van der Waals surface area contributed by atoms with Gasteiger partial charge in [0.25, 0.3) is 0 Å². The first-order valence-corrected chi connectivity index (χ1v) is 4.56. The number of halogens is 1. The second kappa shape index (κ2) is 3.38. The standard InChI is InChI=1S/C10H12FN3/c1-6-2-3-7-10(9(6)11)14-8(13-7)4-5-12/h2-3H,4-5,12H2,1H3,(H,13,14). The van der Waals surface area contributed by atoms with Crippen molar-refractivity contribution >= 4 is 11.0 Å². The molecule has 0 radical (unpaired) electrons. The van der Waals surface area contributed by atoms with Crippen molar-refractivity contribution in [2.24, 2.45) is 5.73 Å². The predicted molar refractivity (Wildman–Crippen MR) is 53.5 cm³/mol. The van der Waals surface area contributed by atoms with Gasteiger partial charge in [-0.15, -0.1) is 0 Å². The van der Waals surface area contributed by atoms with Crippen LogP contribution in [0.5, 0.6) is 0 Å². The van der Waals surface area contributed by atoms with E-state index in [1.54, 1.807) is 13.0 Å². The Labute approximate surface area is 81.1 Å². The Morgan fingerprint density at radius 1 is 1.50 bits per heavy atom. The minimum Gasteiger partial charge on any atom is -0.342 e. The van der Waals surface area contributed by atoms with Gasteiger partial charge in [0.1, 0.15) is 11.3 Å². The third-order valence-corrected chi connectivity index (χ3v) is 2.22. The van der Waals surface area contributed by atoms with Gasteiger partial charge in [0, 0.05) is 6.42 Å². The van der Waals surface area contributed by atoms with Crippen LogP contribution < -0.4 is 5.73 Å². The third-order valence-electron chi connectivity index (χ3n) is 2.22. The predicted octanol–water partition coefficient (Wildman–Crippen LogP) is 1.51. The molecular weight excluding hydrogens is 181 g/mol. The van der Waals surface area contributed by atoms with Crippen LogP contribution in [0.3, 0.4) is 0 Å². The van der Waals surface area contributed by atoms with Crippen LogP contribution in [0.15, 0.2) is 12.1 Å². The van der Waals surface area contributed by atoms with Crippen LogP contribution in [0.25, 0.3) is 11.0 Å². The molecule has 0 saturated carbocycles. The van der Waals surface area contributed by atoms with E-state index in [-0.39, 0.29) is 5.82 Å². The zero-order valence-electron chi connectivity index (χ0n) is 7.97. The van der Waals surface area contributed by atoms with E-state index in [1.165, 1.54) is 0 Å². The number of benzene rings is 1. The van der Waals surface area contributed by atoms with Crippen molar-refractivity contribution in [2.75, 3.05) is 6.54 Å². The molecule has 0 fully saturated rings. The quantitative estimate of drug-likeness (QED) is 0.759. The molecule has 2 aromatic rings. The summed E-state index contributed by atoms with van der Waals surface area (Å²) in [5.74, 6) is 0.494. The number of hydrogen-bond donors (Lipinski definition) is 2. The van der Waals surface area contributed by atoms with E-state index >= 15 is 0 Å². The zero-order chi connectivity index (χ0) is 10.1. The average molecular weight is 193 g/mol. The Balaban J connectivity index is 2.59. The Hall–Kier alpha value is -1.42. The summed E-state index contributed by atoms with van der Waals surface area (Å²) in [6.45, 7) is 2.24. The van der Waals surface area contributed by atoms with Crippen molar-refractivity contribution in [1.29, 1.82) is 0 Å². The topological polar surface area (TPSA) is 54.7 Å². The molecule has 74 valence electrons. The highest BCUT2D eigenvalue weighted by Crippen LogP contribution is 2.18. The number of hydrogen-bond acceptors (Lipinski definition) is 2. The van der Waals surface area contributed by atoms with Crippen molar-refractivity contribution in [2.45, 2.75) is 13.3 Å². The maximum Gasteiger partial charge on any atom is 0.153 e. The molecule has 4 heteroatoms. The van der Waals surface area contributed by atoms with Crippen LogP contribution in [0.4, 0.5) is 4.39 Å². The molecule has 1 heterocycles. The second-order valence-electron chi connectivity index (χ2n) is 3.31. The van der Waals surface area contributed by atoms with Gasteiger partial charge in [-0.3, -0.25) is 0 Å². The lowest BCUT2D eigenvalue weighted by molar-refractivity contribution is 0.628. The zero-order valence-corrected chi connectivity index (χ0v) is 7.97. The third kappa shape index (κ3) is 1.37. The van der Waals surface area contributed by atoms with Crippen LogP contribution >= 0.6 is 0 Å². The minimum atomic E-state index is -0.248. The highest BCUT2D eigenvalue weighted by atomic mass is 19.1. The number of nitrogens with two attached hydrogens (primary N) is 1. The molecule has 0 bridgehead atoms. The molecule has 3 nitrogen and oxygen atoms in total. The molecule has 0 saturated heterocycles. The van der Waals surface area contributed by atoms with Gasteiger partial charge in [-0.1, -0.05) is 6.07 Å². The van der Waals surface area contributed by atoms with Crippen molar-refractivity contribution in [1.82, 2.24) is 9.97 Å². The first-order valence-electron chi connectivity index (χ1n) is 4.56. The average Bonchev–Trinajstić information content (AvgIpc) is 2.56. The summed E-state index contributed by atoms with van der Waals surface area (Å²) in [5.41, 5.74) is 7.15. The summed E-state index contributed by atoms with van der Waals surface area (Å²) in [6, 6.07) is 3.57. The molecule has 1 aromatic carbocycles. The molecule has 0 amide bonds. The minimum absolute atomic E-state index is 0.248. The summed E-state index contributed by atoms with van der Waals surface area (Å²) in [4.78, 5) is 7.19. The van der Waals surface area contributed by atoms with E-state index in [2.05, 4.69) is 9.97 Å². The van der Waals surface area contributed by atoms with Gasteiger partial charge in [0.05, 0.1) is 5.52 Å². The van der Waals surface area contributed by atoms with Gasteiger partial charge in [0.2, 0.25) is 0 Å². The van der Waals surface area contributed by atoms with Crippen LogP contribution in [0.2, 0.25) is 0 Å². The molecule has 0 aliphatic carbocycles. The summed E-state index contributed by atoms with van der Waals surface area (Å²) in [6.07, 6.45) is 0.646. The van der Waals surface area contributed by atoms with Gasteiger partial charge in [-0.2, -0.15) is 0 Å². The van der Waals surface area contributed by atoms with E-state index in [1.807, 2.05) is 6.07 Å². The Morgan fingerprint density at radius 3 is 3.00 bits per heavy atom. The van der Waals surface area contributed by atoms with Crippen molar-refractivity contribution in [3.05, 3.63) is 29.3 Å². The van der Waals surface area contributed by atoms with E-state index in [9.17, 15) is 4.39 Å². The van der Waals surface area contributed by atoms with Gasteiger partial charge in [0.15, 0.2) is 5.82 Å². The molecule has 2 rings (SSSR count). The normalized spacial score (nSPS) is 11.1. The molecule has 0 unspecified atom stereocenters. The Bertz CT molecular complexity index is 462. The molecule has 0 aliphatic rings. The van der Waals surface area contributed by atoms with Gasteiger partial charge < -0.3 is 10.7 Å². The van der Waals surface area contributed by atoms with Crippen molar-refractivity contribution < 1.29 is 4.39 Å². The number of nitrogens with one attached hydrogen (secondary N) is 1. The largest absolute Gasteiger partial charge is 0.342 e. The van der Waals surface area contributed by atoms with Gasteiger partial charge >= 0.3 is 0 Å². The van der Waals surface area contributed by atoms with E-state index in [4.69, 9.17) is 5.73 Å². The van der Waals surface area contributed by atoms with E-state index in [0.29, 0.717) is 24.0 Å². The molecule has 0 spiro atoms. The number of aryl methyl sites for hydroxylation is 1. The van der Waals surface area contributed by atoms with Gasteiger partial charge in [-0.25, -0.2) is 9.37 Å². The highest BCUT2D eigenvalue weighted by molar-refractivity contribution is 5.76. The monoisotopic (exact) mass is 193 g/mol. The second-order valence-corrected chi connectivity index (χ2v) is 3.31. The first kappa shape index (κ1) is 9.15. The number of aromatic nitrogens is 2. The number of imidazole rings is 1. The molecule has 14 heavy (non-hydrogen) atoms. The van der Waals surface area contributed by atoms with Crippen molar-refractivity contribution in [3.63, 3.8) is 0 Å². The Morgan fingerprint density at radius 2 is 2.29 bits per heavy atom. The molecule has 0 aliphatic heterocycles. The summed E-state index contributed by atoms with van der Waals surface area (Å²) in [5, 5.41) is 0. The van der Waals surface area contributed by atoms with Crippen LogP contribution in [-0.2, 0) is 6.42 Å². The number of aromatic amines is 1. The molecule has 3 N–H and O–H groups in total. The number of rotatable bonds is 2. The van der Waals surface area contributed by atoms with Crippen LogP contribution in [-0.4, -0.2) is 16.5 Å². The Kier molecular flexibility index (Phi) is 2.21. The maximum absolute atomic E-state index is 13.5. The fraction of sp³-hybridized carbons (Fsp3) is 0.300. The number of fused-ring (bicyclic) bond motifs is 1. The lowest BCUT2D eigenvalue weighted by Gasteiger charge is -1.94. The first-order chi connectivity index (χ1) is 6.72. The van der Waals surface area contributed by atoms with E-state index in [0.717, 1.165) is 11.3 Å². The summed E-state index contributed by atoms with van der Waals surface area (Å²) in [7, 11) is 0. The van der Waals surface area contributed by atoms with Crippen LogP contribution in [0, 0.1) is 12.7 Å². The molecule has 0 atom stereocenters.